The number of aliphatic carboxylic acids is 2. The van der Waals surface area contributed by atoms with Gasteiger partial charge in [-0.3, -0.25) is 0 Å². The van der Waals surface area contributed by atoms with Crippen LogP contribution >= 0.6 is 0 Å². The van der Waals surface area contributed by atoms with E-state index >= 15 is 0 Å². The molecule has 0 spiro atoms. The molecule has 0 bridgehead atoms. The summed E-state index contributed by atoms with van der Waals surface area (Å²) in [6.07, 6.45) is 0.122. The van der Waals surface area contributed by atoms with E-state index in [1.54, 1.807) is 36.4 Å². The van der Waals surface area contributed by atoms with Gasteiger partial charge in [-0.1, -0.05) is 36.4 Å². The fraction of sp³-hybridized carbons (Fsp3) is 0.300. The van der Waals surface area contributed by atoms with Crippen LogP contribution in [-0.2, 0) is 29.6 Å². The first-order valence-electron chi connectivity index (χ1n) is 9.54. The number of carbonyl (C=O) groups excluding carboxylic acids is 2. The van der Waals surface area contributed by atoms with Gasteiger partial charge in [-0.15, -0.1) is 0 Å². The molecule has 2 aromatic carbocycles. The van der Waals surface area contributed by atoms with E-state index in [1.165, 1.54) is 24.3 Å². The van der Waals surface area contributed by atoms with Gasteiger partial charge in [0.1, 0.15) is 0 Å². The van der Waals surface area contributed by atoms with Crippen molar-refractivity contribution in [1.29, 1.82) is 0 Å². The van der Waals surface area contributed by atoms with Gasteiger partial charge in [-0.05, 0) is 49.9 Å². The Kier molecular flexibility index (Phi) is 15.4. The molecule has 33 heavy (non-hydrogen) atoms. The van der Waals surface area contributed by atoms with Crippen molar-refractivity contribution in [3.05, 3.63) is 60.7 Å². The number of carbonyl (C=O) groups is 2. The molecule has 0 aliphatic rings. The molecular weight excluding hydrogens is 500 g/mol. The molecule has 0 saturated heterocycles. The third-order valence-corrected chi connectivity index (χ3v) is 6.76. The van der Waals surface area contributed by atoms with Gasteiger partial charge in [-0.2, -0.15) is 0 Å². The first-order valence-corrected chi connectivity index (χ1v) is 12.5. The molecule has 0 saturated carbocycles. The van der Waals surface area contributed by atoms with Gasteiger partial charge >= 0.3 is 37.7 Å². The molecule has 0 amide bonds. The maximum absolute atomic E-state index is 11.6. The molecule has 10 nitrogen and oxygen atoms in total. The summed E-state index contributed by atoms with van der Waals surface area (Å²) < 4.78 is 51.0. The van der Waals surface area contributed by atoms with Crippen LogP contribution in [0.2, 0.25) is 0 Å². The topological polar surface area (TPSA) is 173 Å². The molecule has 0 fully saturated rings. The molecule has 176 valence electrons. The van der Waals surface area contributed by atoms with Crippen LogP contribution in [0, 0.1) is 0 Å². The SMILES string of the molecule is O=C([O-])CCCNS(=O)(=O)c1ccccc1.O=C([O-])CCCNS(=O)(=O)c1ccccc1.[Ca+2]. The molecule has 0 aliphatic heterocycles. The minimum absolute atomic E-state index is 0. The van der Waals surface area contributed by atoms with Gasteiger partial charge < -0.3 is 19.8 Å². The Hall–Kier alpha value is -1.54. The van der Waals surface area contributed by atoms with E-state index in [2.05, 4.69) is 9.44 Å². The molecule has 13 heteroatoms. The zero-order valence-electron chi connectivity index (χ0n) is 17.8. The second kappa shape index (κ2) is 16.1. The van der Waals surface area contributed by atoms with E-state index in [0.717, 1.165) is 0 Å². The maximum atomic E-state index is 11.6. The average Bonchev–Trinajstić information content (AvgIpc) is 2.76. The summed E-state index contributed by atoms with van der Waals surface area (Å²) in [7, 11) is -7.04. The largest absolute Gasteiger partial charge is 2.00 e. The average molecular weight is 525 g/mol. The van der Waals surface area contributed by atoms with Gasteiger partial charge in [0.2, 0.25) is 20.0 Å². The summed E-state index contributed by atoms with van der Waals surface area (Å²) in [6, 6.07) is 15.8. The molecule has 0 aliphatic carbocycles. The van der Waals surface area contributed by atoms with E-state index in [0.29, 0.717) is 0 Å². The van der Waals surface area contributed by atoms with Crippen LogP contribution in [0.1, 0.15) is 25.7 Å². The number of carboxylic acid groups (broad SMARTS) is 2. The Bertz CT molecular complexity index is 976. The summed E-state index contributed by atoms with van der Waals surface area (Å²) in [5.74, 6) is -2.36. The zero-order valence-corrected chi connectivity index (χ0v) is 21.6. The summed E-state index contributed by atoms with van der Waals surface area (Å²) in [6.45, 7) is 0.177. The number of benzene rings is 2. The number of nitrogens with one attached hydrogen (secondary N) is 2. The summed E-state index contributed by atoms with van der Waals surface area (Å²) in [4.78, 5) is 20.6. The van der Waals surface area contributed by atoms with Crippen molar-refractivity contribution in [2.45, 2.75) is 35.5 Å². The third kappa shape index (κ3) is 13.7. The molecule has 2 rings (SSSR count). The molecule has 0 radical (unpaired) electrons. The smallest absolute Gasteiger partial charge is 0.550 e. The summed E-state index contributed by atoms with van der Waals surface area (Å²) in [5, 5.41) is 20.2. The van der Waals surface area contributed by atoms with Crippen molar-refractivity contribution < 1.29 is 36.6 Å². The van der Waals surface area contributed by atoms with Gasteiger partial charge in [0, 0.05) is 25.0 Å². The predicted molar refractivity (Wildman–Crippen MR) is 117 cm³/mol. The summed E-state index contributed by atoms with van der Waals surface area (Å²) in [5.41, 5.74) is 0. The van der Waals surface area contributed by atoms with Crippen LogP contribution in [0.5, 0.6) is 0 Å². The van der Waals surface area contributed by atoms with E-state index in [-0.39, 0.29) is 86.3 Å². The number of hydrogen-bond donors (Lipinski definition) is 2. The van der Waals surface area contributed by atoms with Crippen LogP contribution in [-0.4, -0.2) is 79.6 Å². The fourth-order valence-corrected chi connectivity index (χ4v) is 4.43. The van der Waals surface area contributed by atoms with E-state index < -0.39 is 32.0 Å². The Labute approximate surface area is 223 Å². The van der Waals surface area contributed by atoms with Crippen LogP contribution in [0.15, 0.2) is 70.5 Å². The van der Waals surface area contributed by atoms with Crippen molar-refractivity contribution in [3.8, 4) is 0 Å². The fourth-order valence-electron chi connectivity index (χ4n) is 2.24. The number of carboxylic acids is 2. The minimum Gasteiger partial charge on any atom is -0.550 e. The Morgan fingerprint density at radius 2 is 0.939 bits per heavy atom. The first-order chi connectivity index (χ1) is 15.0. The van der Waals surface area contributed by atoms with Gasteiger partial charge in [0.05, 0.1) is 9.79 Å². The molecule has 0 heterocycles. The maximum Gasteiger partial charge on any atom is 2.00 e. The Morgan fingerprint density at radius 3 is 1.21 bits per heavy atom. The standard InChI is InChI=1S/2C10H13NO4S.Ca/c2*12-10(13)7-4-8-11-16(14,15)9-5-2-1-3-6-9;/h2*1-3,5-6,11H,4,7-8H2,(H,12,13);/q;;+2/p-2. The monoisotopic (exact) mass is 524 g/mol. The molecule has 2 aromatic rings. The number of hydrogen-bond acceptors (Lipinski definition) is 8. The van der Waals surface area contributed by atoms with E-state index in [4.69, 9.17) is 0 Å². The number of rotatable bonds is 12. The van der Waals surface area contributed by atoms with Crippen molar-refractivity contribution in [1.82, 2.24) is 9.44 Å². The van der Waals surface area contributed by atoms with Crippen molar-refractivity contribution in [3.63, 3.8) is 0 Å². The first kappa shape index (κ1) is 31.5. The van der Waals surface area contributed by atoms with E-state index in [1.807, 2.05) is 0 Å². The molecule has 0 aromatic heterocycles. The second-order valence-corrected chi connectivity index (χ2v) is 9.91. The third-order valence-electron chi connectivity index (χ3n) is 3.81. The van der Waals surface area contributed by atoms with Gasteiger partial charge in [0.25, 0.3) is 0 Å². The number of sulfonamides is 2. The van der Waals surface area contributed by atoms with Gasteiger partial charge in [-0.25, -0.2) is 26.3 Å². The Morgan fingerprint density at radius 1 is 0.636 bits per heavy atom. The van der Waals surface area contributed by atoms with Crippen LogP contribution < -0.4 is 19.7 Å². The zero-order chi connectivity index (χ0) is 24.0. The molecular formula is C20H24CaN2O8S2. The quantitative estimate of drug-likeness (QED) is 0.252. The Balaban J connectivity index is 0.000000602. The predicted octanol–water partition coefficient (Wildman–Crippen LogP) is -1.39. The molecule has 2 N–H and O–H groups in total. The van der Waals surface area contributed by atoms with Crippen LogP contribution in [0.25, 0.3) is 0 Å². The molecule has 0 unspecified atom stereocenters. The minimum atomic E-state index is -3.52. The second-order valence-electron chi connectivity index (χ2n) is 6.37. The van der Waals surface area contributed by atoms with Crippen molar-refractivity contribution in [2.24, 2.45) is 0 Å². The summed E-state index contributed by atoms with van der Waals surface area (Å²) >= 11 is 0. The van der Waals surface area contributed by atoms with Crippen molar-refractivity contribution >= 4 is 69.7 Å². The van der Waals surface area contributed by atoms with Crippen LogP contribution in [0.3, 0.4) is 0 Å². The van der Waals surface area contributed by atoms with Gasteiger partial charge in [0.15, 0.2) is 0 Å². The van der Waals surface area contributed by atoms with E-state index in [9.17, 15) is 36.6 Å². The normalized spacial score (nSPS) is 10.9. The van der Waals surface area contributed by atoms with Crippen molar-refractivity contribution in [2.75, 3.05) is 13.1 Å². The molecule has 0 atom stereocenters. The van der Waals surface area contributed by atoms with Crippen LogP contribution in [0.4, 0.5) is 0 Å².